The molecule has 0 aromatic carbocycles. The Hall–Kier alpha value is -1.08. The van der Waals surface area contributed by atoms with Crippen molar-refractivity contribution < 1.29 is 5.11 Å². The molecule has 0 heterocycles. The average molecular weight is 397 g/mol. The molecule has 0 radical (unpaired) electrons. The predicted octanol–water partition coefficient (Wildman–Crippen LogP) is 7.64. The molecule has 1 nitrogen and oxygen atoms in total. The number of allylic oxidation sites excluding steroid dienone is 6. The zero-order valence-corrected chi connectivity index (χ0v) is 19.6. The predicted molar refractivity (Wildman–Crippen MR) is 126 cm³/mol. The summed E-state index contributed by atoms with van der Waals surface area (Å²) < 4.78 is 0. The largest absolute Gasteiger partial charge is 0.393 e. The van der Waals surface area contributed by atoms with E-state index in [9.17, 15) is 5.11 Å². The van der Waals surface area contributed by atoms with Crippen LogP contribution in [0.2, 0.25) is 0 Å². The van der Waals surface area contributed by atoms with Gasteiger partial charge in [-0.2, -0.15) is 0 Å². The Morgan fingerprint density at radius 1 is 1.03 bits per heavy atom. The summed E-state index contributed by atoms with van der Waals surface area (Å²) in [5.74, 6) is 3.58. The first-order chi connectivity index (χ1) is 13.7. The molecule has 1 heteroatoms. The fraction of sp³-hybridized carbons (Fsp3) is 0.714. The van der Waals surface area contributed by atoms with Gasteiger partial charge in [0.25, 0.3) is 0 Å². The van der Waals surface area contributed by atoms with Gasteiger partial charge in [0.1, 0.15) is 0 Å². The summed E-state index contributed by atoms with van der Waals surface area (Å²) in [7, 11) is 0. The summed E-state index contributed by atoms with van der Waals surface area (Å²) >= 11 is 0. The van der Waals surface area contributed by atoms with E-state index in [0.717, 1.165) is 37.0 Å². The molecule has 162 valence electrons. The van der Waals surface area contributed by atoms with Crippen molar-refractivity contribution in [2.75, 3.05) is 0 Å². The van der Waals surface area contributed by atoms with Crippen LogP contribution in [-0.2, 0) is 0 Å². The lowest BCUT2D eigenvalue weighted by molar-refractivity contribution is 0.112. The van der Waals surface area contributed by atoms with Crippen LogP contribution in [0.3, 0.4) is 0 Å². The Balaban J connectivity index is 1.75. The molecule has 0 saturated heterocycles. The summed E-state index contributed by atoms with van der Waals surface area (Å²) in [5.41, 5.74) is 4.61. The van der Waals surface area contributed by atoms with Gasteiger partial charge >= 0.3 is 0 Å². The number of rotatable bonds is 5. The van der Waals surface area contributed by atoms with Gasteiger partial charge in [0.05, 0.1) is 6.10 Å². The third-order valence-corrected chi connectivity index (χ3v) is 8.63. The third kappa shape index (κ3) is 4.98. The summed E-state index contributed by atoms with van der Waals surface area (Å²) in [5, 5.41) is 10.0. The lowest BCUT2D eigenvalue weighted by Gasteiger charge is -2.44. The lowest BCUT2D eigenvalue weighted by Crippen LogP contribution is -2.35. The second kappa shape index (κ2) is 9.38. The van der Waals surface area contributed by atoms with Crippen molar-refractivity contribution in [2.24, 2.45) is 35.0 Å². The van der Waals surface area contributed by atoms with E-state index in [-0.39, 0.29) is 6.10 Å². The summed E-state index contributed by atoms with van der Waals surface area (Å²) in [6.45, 7) is 16.3. The number of aliphatic hydroxyl groups is 1. The van der Waals surface area contributed by atoms with Gasteiger partial charge in [-0.3, -0.25) is 0 Å². The smallest absolute Gasteiger partial charge is 0.0583 e. The fourth-order valence-electron chi connectivity index (χ4n) is 6.25. The van der Waals surface area contributed by atoms with Crippen molar-refractivity contribution >= 4 is 0 Å². The SMILES string of the molecule is C=C1CC[C@H](O)C/C1=C/C=C1\CCC[C@@]2(C)[C@H]1CC[C@H]2[C@@H](C)/C=C/[C@@H](C)C(C)C. The van der Waals surface area contributed by atoms with Crippen LogP contribution < -0.4 is 0 Å². The van der Waals surface area contributed by atoms with E-state index in [1.807, 2.05) is 0 Å². The summed E-state index contributed by atoms with van der Waals surface area (Å²) in [6, 6.07) is 0. The maximum atomic E-state index is 10.0. The van der Waals surface area contributed by atoms with Crippen LogP contribution in [0.5, 0.6) is 0 Å². The van der Waals surface area contributed by atoms with Crippen LogP contribution in [0.4, 0.5) is 0 Å². The Kier molecular flexibility index (Phi) is 7.31. The van der Waals surface area contributed by atoms with Gasteiger partial charge in [0.15, 0.2) is 0 Å². The molecule has 0 aliphatic heterocycles. The Labute approximate surface area is 180 Å². The zero-order chi connectivity index (χ0) is 21.2. The van der Waals surface area contributed by atoms with Gasteiger partial charge in [-0.25, -0.2) is 0 Å². The fourth-order valence-corrected chi connectivity index (χ4v) is 6.25. The Bertz CT molecular complexity index is 678. The highest BCUT2D eigenvalue weighted by atomic mass is 16.3. The molecule has 0 unspecified atom stereocenters. The minimum Gasteiger partial charge on any atom is -0.393 e. The van der Waals surface area contributed by atoms with Gasteiger partial charge < -0.3 is 5.11 Å². The van der Waals surface area contributed by atoms with E-state index in [1.54, 1.807) is 5.57 Å². The molecule has 1 N–H and O–H groups in total. The van der Waals surface area contributed by atoms with Gasteiger partial charge in [0, 0.05) is 0 Å². The van der Waals surface area contributed by atoms with Gasteiger partial charge in [-0.15, -0.1) is 0 Å². The van der Waals surface area contributed by atoms with Gasteiger partial charge in [-0.05, 0) is 91.9 Å². The van der Waals surface area contributed by atoms with Gasteiger partial charge in [0.2, 0.25) is 0 Å². The maximum Gasteiger partial charge on any atom is 0.0583 e. The molecule has 0 aromatic rings. The van der Waals surface area contributed by atoms with Crippen molar-refractivity contribution in [3.8, 4) is 0 Å². The minimum atomic E-state index is -0.182. The van der Waals surface area contributed by atoms with E-state index in [1.165, 1.54) is 43.3 Å². The first-order valence-electron chi connectivity index (χ1n) is 12.2. The third-order valence-electron chi connectivity index (χ3n) is 8.63. The molecular formula is C28H44O. The molecule has 0 spiro atoms. The molecule has 0 amide bonds. The van der Waals surface area contributed by atoms with Crippen LogP contribution in [0.1, 0.15) is 86.0 Å². The number of hydrogen-bond acceptors (Lipinski definition) is 1. The second-order valence-corrected chi connectivity index (χ2v) is 10.9. The van der Waals surface area contributed by atoms with E-state index in [4.69, 9.17) is 0 Å². The lowest BCUT2D eigenvalue weighted by atomic mass is 9.61. The highest BCUT2D eigenvalue weighted by Gasteiger charge is 2.50. The molecule has 3 rings (SSSR count). The highest BCUT2D eigenvalue weighted by Crippen LogP contribution is 2.59. The van der Waals surface area contributed by atoms with Crippen LogP contribution in [0, 0.1) is 35.0 Å². The summed E-state index contributed by atoms with van der Waals surface area (Å²) in [4.78, 5) is 0. The molecule has 3 aliphatic carbocycles. The highest BCUT2D eigenvalue weighted by molar-refractivity contribution is 5.36. The van der Waals surface area contributed by atoms with Gasteiger partial charge in [-0.1, -0.05) is 76.6 Å². The monoisotopic (exact) mass is 396 g/mol. The summed E-state index contributed by atoms with van der Waals surface area (Å²) in [6.07, 6.45) is 18.8. The Morgan fingerprint density at radius 2 is 1.79 bits per heavy atom. The van der Waals surface area contributed by atoms with E-state index in [2.05, 4.69) is 65.5 Å². The standard InChI is InChI=1S/C28H44O/c1-19(2)20(3)9-10-22(5)26-15-16-27-23(8-7-17-28(26,27)6)12-13-24-18-25(29)14-11-21(24)4/h9-10,12-13,19-20,22,25-27,29H,4,7-8,11,14-18H2,1-3,5-6H3/b10-9+,23-12+,24-13-/t20-,22+,25+,26+,27+,28-/m1/s1. The van der Waals surface area contributed by atoms with Crippen molar-refractivity contribution in [2.45, 2.75) is 92.1 Å². The topological polar surface area (TPSA) is 20.2 Å². The molecule has 0 bridgehead atoms. The number of aliphatic hydroxyl groups excluding tert-OH is 1. The number of fused-ring (bicyclic) bond motifs is 1. The quantitative estimate of drug-likeness (QED) is 0.473. The Morgan fingerprint density at radius 3 is 2.52 bits per heavy atom. The second-order valence-electron chi connectivity index (χ2n) is 10.9. The van der Waals surface area contributed by atoms with E-state index in [0.29, 0.717) is 17.3 Å². The van der Waals surface area contributed by atoms with Crippen LogP contribution in [0.15, 0.2) is 47.6 Å². The van der Waals surface area contributed by atoms with E-state index < -0.39 is 0 Å². The van der Waals surface area contributed by atoms with Crippen LogP contribution in [-0.4, -0.2) is 11.2 Å². The molecule has 29 heavy (non-hydrogen) atoms. The normalized spacial score (nSPS) is 38.2. The van der Waals surface area contributed by atoms with E-state index >= 15 is 0 Å². The van der Waals surface area contributed by atoms with Crippen molar-refractivity contribution in [1.82, 2.24) is 0 Å². The van der Waals surface area contributed by atoms with Crippen molar-refractivity contribution in [3.63, 3.8) is 0 Å². The minimum absolute atomic E-state index is 0.182. The maximum absolute atomic E-state index is 10.0. The molecule has 6 atom stereocenters. The first kappa shape index (κ1) is 22.6. The van der Waals surface area contributed by atoms with Crippen LogP contribution >= 0.6 is 0 Å². The molecule has 3 fully saturated rings. The molecule has 3 aliphatic rings. The van der Waals surface area contributed by atoms with Crippen molar-refractivity contribution in [3.05, 3.63) is 47.6 Å². The first-order valence-corrected chi connectivity index (χ1v) is 12.2. The molecular weight excluding hydrogens is 352 g/mol. The van der Waals surface area contributed by atoms with Crippen molar-refractivity contribution in [1.29, 1.82) is 0 Å². The number of hydrogen-bond donors (Lipinski definition) is 1. The molecule has 3 saturated carbocycles. The van der Waals surface area contributed by atoms with Crippen LogP contribution in [0.25, 0.3) is 0 Å². The average Bonchev–Trinajstić information content (AvgIpc) is 3.04. The molecule has 0 aromatic heterocycles. The zero-order valence-electron chi connectivity index (χ0n) is 19.6.